The van der Waals surface area contributed by atoms with E-state index in [1.807, 2.05) is 13.4 Å². The van der Waals surface area contributed by atoms with E-state index in [1.54, 1.807) is 0 Å². The molecule has 2 saturated heterocycles. The molecule has 0 aliphatic carbocycles. The first-order valence-corrected chi connectivity index (χ1v) is 10.4. The van der Waals surface area contributed by atoms with Crippen molar-refractivity contribution in [1.29, 1.82) is 0 Å². The molecule has 0 amide bonds. The molecule has 2 fully saturated rings. The van der Waals surface area contributed by atoms with Crippen LogP contribution in [0.3, 0.4) is 0 Å². The molecule has 3 aliphatic rings. The number of ether oxygens (including phenoxy) is 1. The molecule has 5 rings (SSSR count). The zero-order chi connectivity index (χ0) is 19.6. The lowest BCUT2D eigenvalue weighted by molar-refractivity contribution is 0.195. The monoisotopic (exact) mass is 392 g/mol. The Kier molecular flexibility index (Phi) is 5.08. The lowest BCUT2D eigenvalue weighted by Crippen LogP contribution is -2.43. The Labute approximate surface area is 171 Å². The number of rotatable bonds is 4. The van der Waals surface area contributed by atoms with Gasteiger partial charge in [0.25, 0.3) is 0 Å². The van der Waals surface area contributed by atoms with Gasteiger partial charge >= 0.3 is 0 Å². The zero-order valence-electron chi connectivity index (χ0n) is 16.9. The van der Waals surface area contributed by atoms with Crippen molar-refractivity contribution in [3.63, 3.8) is 0 Å². The molecule has 0 unspecified atom stereocenters. The van der Waals surface area contributed by atoms with E-state index in [1.165, 1.54) is 5.69 Å². The van der Waals surface area contributed by atoms with Gasteiger partial charge in [0.1, 0.15) is 5.82 Å². The van der Waals surface area contributed by atoms with E-state index in [4.69, 9.17) is 9.72 Å². The Morgan fingerprint density at radius 1 is 1.17 bits per heavy atom. The second-order valence-electron chi connectivity index (χ2n) is 8.00. The maximum atomic E-state index is 5.54. The lowest BCUT2D eigenvalue weighted by atomic mass is 10.1. The molecule has 0 spiro atoms. The Bertz CT molecular complexity index is 885. The highest BCUT2D eigenvalue weighted by molar-refractivity contribution is 5.76. The predicted molar refractivity (Wildman–Crippen MR) is 117 cm³/mol. The summed E-state index contributed by atoms with van der Waals surface area (Å²) in [6, 6.07) is 11.2. The SMILES string of the molecule is CN1C=Nc2cc(-c3ccc(N4CCNCC4)cc3)nc(N[C@@H]3CCOC3)c2C1. The number of hydrogen-bond donors (Lipinski definition) is 2. The molecule has 7 nitrogen and oxygen atoms in total. The van der Waals surface area contributed by atoms with Crippen LogP contribution >= 0.6 is 0 Å². The van der Waals surface area contributed by atoms with Crippen molar-refractivity contribution in [2.45, 2.75) is 19.0 Å². The van der Waals surface area contributed by atoms with Crippen molar-refractivity contribution in [2.75, 3.05) is 56.7 Å². The lowest BCUT2D eigenvalue weighted by Gasteiger charge is -2.29. The highest BCUT2D eigenvalue weighted by Crippen LogP contribution is 2.34. The number of nitrogens with zero attached hydrogens (tertiary/aromatic N) is 4. The first-order valence-electron chi connectivity index (χ1n) is 10.4. The number of nitrogens with one attached hydrogen (secondary N) is 2. The number of fused-ring (bicyclic) bond motifs is 1. The van der Waals surface area contributed by atoms with Gasteiger partial charge in [-0.05, 0) is 24.6 Å². The van der Waals surface area contributed by atoms with Crippen molar-refractivity contribution < 1.29 is 4.74 Å². The first kappa shape index (κ1) is 18.4. The summed E-state index contributed by atoms with van der Waals surface area (Å²) in [5.41, 5.74) is 5.50. The van der Waals surface area contributed by atoms with Crippen molar-refractivity contribution in [3.05, 3.63) is 35.9 Å². The topological polar surface area (TPSA) is 65.0 Å². The average Bonchev–Trinajstić information content (AvgIpc) is 3.28. The van der Waals surface area contributed by atoms with Crippen LogP contribution in [0.15, 0.2) is 35.3 Å². The Morgan fingerprint density at radius 2 is 2.00 bits per heavy atom. The molecular weight excluding hydrogens is 364 g/mol. The number of pyridine rings is 1. The minimum absolute atomic E-state index is 0.313. The summed E-state index contributed by atoms with van der Waals surface area (Å²) in [7, 11) is 2.04. The average molecular weight is 393 g/mol. The molecule has 152 valence electrons. The number of aliphatic imine (C=N–C) groups is 1. The van der Waals surface area contributed by atoms with Crippen LogP contribution in [0.25, 0.3) is 11.3 Å². The highest BCUT2D eigenvalue weighted by Gasteiger charge is 2.22. The molecule has 4 heterocycles. The standard InChI is InChI=1S/C22H28N6O/c1-27-13-19-21(24-15-27)12-20(26-22(19)25-17-6-11-29-14-17)16-2-4-18(5-3-16)28-9-7-23-8-10-28/h2-5,12,15,17,23H,6-11,13-14H2,1H3,(H,25,26)/t17-/m1/s1. The largest absolute Gasteiger partial charge is 0.379 e. The summed E-state index contributed by atoms with van der Waals surface area (Å²) in [6.07, 6.45) is 2.90. The second kappa shape index (κ2) is 8.00. The Balaban J connectivity index is 1.46. The van der Waals surface area contributed by atoms with Crippen LogP contribution in [0.2, 0.25) is 0 Å². The second-order valence-corrected chi connectivity index (χ2v) is 8.00. The fourth-order valence-electron chi connectivity index (χ4n) is 4.16. The summed E-state index contributed by atoms with van der Waals surface area (Å²) in [5, 5.41) is 7.02. The number of hydrogen-bond acceptors (Lipinski definition) is 7. The summed E-state index contributed by atoms with van der Waals surface area (Å²) in [5.74, 6) is 0.933. The molecule has 2 N–H and O–H groups in total. The van der Waals surface area contributed by atoms with Crippen LogP contribution < -0.4 is 15.5 Å². The molecule has 0 saturated carbocycles. The molecule has 3 aliphatic heterocycles. The van der Waals surface area contributed by atoms with E-state index in [9.17, 15) is 0 Å². The van der Waals surface area contributed by atoms with Gasteiger partial charge in [0.2, 0.25) is 0 Å². The van der Waals surface area contributed by atoms with E-state index in [0.29, 0.717) is 6.04 Å². The number of anilines is 2. The molecule has 29 heavy (non-hydrogen) atoms. The molecular formula is C22H28N6O. The Hall–Kier alpha value is -2.64. The third-order valence-corrected chi connectivity index (χ3v) is 5.82. The summed E-state index contributed by atoms with van der Waals surface area (Å²) in [4.78, 5) is 14.2. The third kappa shape index (κ3) is 3.93. The van der Waals surface area contributed by atoms with Crippen LogP contribution in [0.1, 0.15) is 12.0 Å². The number of benzene rings is 1. The molecule has 1 aromatic carbocycles. The minimum atomic E-state index is 0.313. The van der Waals surface area contributed by atoms with Gasteiger partial charge in [0.05, 0.1) is 30.4 Å². The smallest absolute Gasteiger partial charge is 0.134 e. The first-order chi connectivity index (χ1) is 14.3. The molecule has 1 aromatic heterocycles. The fraction of sp³-hybridized carbons (Fsp3) is 0.455. The molecule has 2 aromatic rings. The molecule has 1 atom stereocenters. The van der Waals surface area contributed by atoms with Gasteiger partial charge in [-0.2, -0.15) is 0 Å². The van der Waals surface area contributed by atoms with Crippen molar-refractivity contribution in [2.24, 2.45) is 4.99 Å². The van der Waals surface area contributed by atoms with Crippen molar-refractivity contribution in [3.8, 4) is 11.3 Å². The number of aromatic nitrogens is 1. The summed E-state index contributed by atoms with van der Waals surface area (Å²) >= 11 is 0. The van der Waals surface area contributed by atoms with Crippen LogP contribution in [-0.4, -0.2) is 68.7 Å². The van der Waals surface area contributed by atoms with Crippen LogP contribution in [-0.2, 0) is 11.3 Å². The molecule has 7 heteroatoms. The van der Waals surface area contributed by atoms with Gasteiger partial charge in [-0.15, -0.1) is 0 Å². The zero-order valence-corrected chi connectivity index (χ0v) is 16.9. The van der Waals surface area contributed by atoms with Gasteiger partial charge in [0.15, 0.2) is 0 Å². The molecule has 0 radical (unpaired) electrons. The number of piperazine rings is 1. The van der Waals surface area contributed by atoms with Crippen LogP contribution in [0.4, 0.5) is 17.2 Å². The van der Waals surface area contributed by atoms with Gasteiger partial charge in [0, 0.05) is 63.2 Å². The maximum absolute atomic E-state index is 5.54. The van der Waals surface area contributed by atoms with Crippen molar-refractivity contribution in [1.82, 2.24) is 15.2 Å². The quantitative estimate of drug-likeness (QED) is 0.833. The van der Waals surface area contributed by atoms with Crippen molar-refractivity contribution >= 4 is 23.5 Å². The van der Waals surface area contributed by atoms with E-state index >= 15 is 0 Å². The molecule has 0 bridgehead atoms. The van der Waals surface area contributed by atoms with Gasteiger partial charge < -0.3 is 25.2 Å². The van der Waals surface area contributed by atoms with Gasteiger partial charge in [-0.1, -0.05) is 12.1 Å². The van der Waals surface area contributed by atoms with Gasteiger partial charge in [-0.25, -0.2) is 9.98 Å². The Morgan fingerprint density at radius 3 is 2.76 bits per heavy atom. The summed E-state index contributed by atoms with van der Waals surface area (Å²) < 4.78 is 5.54. The minimum Gasteiger partial charge on any atom is -0.379 e. The van der Waals surface area contributed by atoms with E-state index in [-0.39, 0.29) is 0 Å². The normalized spacial score (nSPS) is 21.3. The van der Waals surface area contributed by atoms with Crippen LogP contribution in [0.5, 0.6) is 0 Å². The van der Waals surface area contributed by atoms with E-state index in [0.717, 1.165) is 80.7 Å². The van der Waals surface area contributed by atoms with E-state index in [2.05, 4.69) is 55.8 Å². The van der Waals surface area contributed by atoms with Gasteiger partial charge in [-0.3, -0.25) is 0 Å². The predicted octanol–water partition coefficient (Wildman–Crippen LogP) is 2.46. The third-order valence-electron chi connectivity index (χ3n) is 5.82. The maximum Gasteiger partial charge on any atom is 0.134 e. The van der Waals surface area contributed by atoms with Crippen LogP contribution in [0, 0.1) is 0 Å². The van der Waals surface area contributed by atoms with E-state index < -0.39 is 0 Å². The summed E-state index contributed by atoms with van der Waals surface area (Å²) in [6.45, 7) is 6.54. The fourth-order valence-corrected chi connectivity index (χ4v) is 4.16. The highest BCUT2D eigenvalue weighted by atomic mass is 16.5.